The van der Waals surface area contributed by atoms with Crippen LogP contribution in [0, 0.1) is 0 Å². The molecule has 1 nitrogen and oxygen atoms in total. The molecule has 2 rings (SSSR count). The Morgan fingerprint density at radius 1 is 1.62 bits per heavy atom. The van der Waals surface area contributed by atoms with Crippen LogP contribution in [0.2, 0.25) is 0 Å². The summed E-state index contributed by atoms with van der Waals surface area (Å²) in [5, 5.41) is 0.918. The third-order valence-corrected chi connectivity index (χ3v) is 2.07. The molecule has 1 saturated heterocycles. The molecule has 0 saturated carbocycles. The van der Waals surface area contributed by atoms with Crippen molar-refractivity contribution in [2.45, 2.75) is 25.0 Å². The summed E-state index contributed by atoms with van der Waals surface area (Å²) in [5.41, 5.74) is 0. The first-order chi connectivity index (χ1) is 3.86. The molecule has 0 aromatic rings. The Kier molecular flexibility index (Phi) is 0.897. The summed E-state index contributed by atoms with van der Waals surface area (Å²) in [6.45, 7) is 0. The van der Waals surface area contributed by atoms with Crippen LogP contribution in [0.25, 0.3) is 0 Å². The molecule has 1 fully saturated rings. The van der Waals surface area contributed by atoms with Gasteiger partial charge in [-0.15, -0.1) is 0 Å². The van der Waals surface area contributed by atoms with Gasteiger partial charge >= 0.3 is 0 Å². The van der Waals surface area contributed by atoms with Crippen LogP contribution in [0.4, 0.5) is 0 Å². The molecule has 2 heteroatoms. The molecule has 2 heterocycles. The van der Waals surface area contributed by atoms with Crippen molar-refractivity contribution in [3.8, 4) is 0 Å². The van der Waals surface area contributed by atoms with Crippen molar-refractivity contribution in [2.75, 3.05) is 0 Å². The maximum Gasteiger partial charge on any atom is 0.0937 e. The van der Waals surface area contributed by atoms with Crippen LogP contribution >= 0.6 is 11.6 Å². The van der Waals surface area contributed by atoms with Crippen LogP contribution in [-0.4, -0.2) is 12.2 Å². The Labute approximate surface area is 53.3 Å². The Bertz CT molecular complexity index is 141. The molecule has 0 unspecified atom stereocenters. The van der Waals surface area contributed by atoms with Crippen molar-refractivity contribution in [1.82, 2.24) is 0 Å². The SMILES string of the molecule is ClC1=C[C@H]2CC[C@@H]1O2. The molecule has 2 aliphatic heterocycles. The molecule has 0 amide bonds. The van der Waals surface area contributed by atoms with Crippen molar-refractivity contribution in [1.29, 1.82) is 0 Å². The van der Waals surface area contributed by atoms with Gasteiger partial charge in [-0.25, -0.2) is 0 Å². The summed E-state index contributed by atoms with van der Waals surface area (Å²) in [6.07, 6.45) is 4.92. The third kappa shape index (κ3) is 0.517. The van der Waals surface area contributed by atoms with Gasteiger partial charge < -0.3 is 4.74 Å². The lowest BCUT2D eigenvalue weighted by Crippen LogP contribution is -1.98. The smallest absolute Gasteiger partial charge is 0.0937 e. The molecule has 0 aromatic carbocycles. The zero-order chi connectivity index (χ0) is 5.56. The van der Waals surface area contributed by atoms with Crippen molar-refractivity contribution >= 4 is 11.6 Å². The first-order valence-corrected chi connectivity index (χ1v) is 3.27. The summed E-state index contributed by atoms with van der Waals surface area (Å²) in [5.74, 6) is 0. The highest BCUT2D eigenvalue weighted by Crippen LogP contribution is 2.35. The number of fused-ring (bicyclic) bond motifs is 2. The van der Waals surface area contributed by atoms with E-state index in [-0.39, 0.29) is 6.10 Å². The minimum Gasteiger partial charge on any atom is -0.365 e. The molecule has 44 valence electrons. The van der Waals surface area contributed by atoms with Gasteiger partial charge in [0, 0.05) is 5.03 Å². The van der Waals surface area contributed by atoms with Crippen LogP contribution in [0.5, 0.6) is 0 Å². The lowest BCUT2D eigenvalue weighted by Gasteiger charge is -1.99. The van der Waals surface area contributed by atoms with Crippen molar-refractivity contribution in [2.24, 2.45) is 0 Å². The maximum absolute atomic E-state index is 5.74. The van der Waals surface area contributed by atoms with Crippen LogP contribution in [-0.2, 0) is 4.74 Å². The first kappa shape index (κ1) is 4.83. The summed E-state index contributed by atoms with van der Waals surface area (Å²) in [7, 11) is 0. The van der Waals surface area contributed by atoms with Crippen LogP contribution < -0.4 is 0 Å². The molecule has 2 atom stereocenters. The van der Waals surface area contributed by atoms with Crippen LogP contribution in [0.1, 0.15) is 12.8 Å². The minimum atomic E-state index is 0.265. The largest absolute Gasteiger partial charge is 0.365 e. The van der Waals surface area contributed by atoms with Gasteiger partial charge in [-0.05, 0) is 18.9 Å². The Morgan fingerprint density at radius 2 is 2.50 bits per heavy atom. The van der Waals surface area contributed by atoms with Gasteiger partial charge in [0.2, 0.25) is 0 Å². The summed E-state index contributed by atoms with van der Waals surface area (Å²) < 4.78 is 5.36. The van der Waals surface area contributed by atoms with Crippen molar-refractivity contribution < 1.29 is 4.74 Å². The number of hydrogen-bond donors (Lipinski definition) is 0. The zero-order valence-corrected chi connectivity index (χ0v) is 5.19. The number of hydrogen-bond acceptors (Lipinski definition) is 1. The van der Waals surface area contributed by atoms with E-state index in [1.54, 1.807) is 0 Å². The number of ether oxygens (including phenoxy) is 1. The lowest BCUT2D eigenvalue weighted by atomic mass is 10.1. The van der Waals surface area contributed by atoms with E-state index in [9.17, 15) is 0 Å². The van der Waals surface area contributed by atoms with Gasteiger partial charge in [0.05, 0.1) is 12.2 Å². The van der Waals surface area contributed by atoms with Gasteiger partial charge in [-0.3, -0.25) is 0 Å². The van der Waals surface area contributed by atoms with Gasteiger partial charge in [0.25, 0.3) is 0 Å². The fraction of sp³-hybridized carbons (Fsp3) is 0.667. The van der Waals surface area contributed by atoms with E-state index in [1.165, 1.54) is 6.42 Å². The average Bonchev–Trinajstić information content (AvgIpc) is 2.23. The molecule has 0 aromatic heterocycles. The summed E-state index contributed by atoms with van der Waals surface area (Å²) in [4.78, 5) is 0. The first-order valence-electron chi connectivity index (χ1n) is 2.89. The van der Waals surface area contributed by atoms with Gasteiger partial charge in [0.1, 0.15) is 0 Å². The van der Waals surface area contributed by atoms with Crippen molar-refractivity contribution in [3.63, 3.8) is 0 Å². The topological polar surface area (TPSA) is 9.23 Å². The third-order valence-electron chi connectivity index (χ3n) is 1.71. The normalized spacial score (nSPS) is 42.9. The minimum absolute atomic E-state index is 0.265. The molecular weight excluding hydrogens is 124 g/mol. The second-order valence-corrected chi connectivity index (χ2v) is 2.73. The molecule has 0 aliphatic carbocycles. The van der Waals surface area contributed by atoms with Crippen molar-refractivity contribution in [3.05, 3.63) is 11.1 Å². The molecule has 0 N–H and O–H groups in total. The summed E-state index contributed by atoms with van der Waals surface area (Å²) in [6, 6.07) is 0. The Balaban J connectivity index is 2.29. The number of halogens is 1. The van der Waals surface area contributed by atoms with E-state index < -0.39 is 0 Å². The summed E-state index contributed by atoms with van der Waals surface area (Å²) >= 11 is 5.74. The fourth-order valence-electron chi connectivity index (χ4n) is 1.27. The molecule has 0 spiro atoms. The highest BCUT2D eigenvalue weighted by atomic mass is 35.5. The molecule has 8 heavy (non-hydrogen) atoms. The van der Waals surface area contributed by atoms with Gasteiger partial charge in [-0.1, -0.05) is 11.6 Å². The van der Waals surface area contributed by atoms with Gasteiger partial charge in [0.15, 0.2) is 0 Å². The molecule has 2 bridgehead atoms. The van der Waals surface area contributed by atoms with Crippen LogP contribution in [0.15, 0.2) is 11.1 Å². The van der Waals surface area contributed by atoms with Crippen LogP contribution in [0.3, 0.4) is 0 Å². The predicted octanol–water partition coefficient (Wildman–Crippen LogP) is 1.67. The monoisotopic (exact) mass is 130 g/mol. The highest BCUT2D eigenvalue weighted by Gasteiger charge is 2.32. The van der Waals surface area contributed by atoms with E-state index in [0.29, 0.717) is 6.10 Å². The fourth-order valence-corrected chi connectivity index (χ4v) is 1.57. The number of rotatable bonds is 0. The van der Waals surface area contributed by atoms with E-state index in [2.05, 4.69) is 0 Å². The highest BCUT2D eigenvalue weighted by molar-refractivity contribution is 6.30. The standard InChI is InChI=1S/C6H7ClO/c7-5-3-4-1-2-6(5)8-4/h3-4,6H,1-2H2/t4-,6+/m1/s1. The van der Waals surface area contributed by atoms with Gasteiger partial charge in [-0.2, -0.15) is 0 Å². The van der Waals surface area contributed by atoms with E-state index in [1.807, 2.05) is 6.08 Å². The predicted molar refractivity (Wildman–Crippen MR) is 31.8 cm³/mol. The van der Waals surface area contributed by atoms with E-state index in [4.69, 9.17) is 16.3 Å². The quantitative estimate of drug-likeness (QED) is 0.485. The Morgan fingerprint density at radius 3 is 2.75 bits per heavy atom. The zero-order valence-electron chi connectivity index (χ0n) is 4.43. The lowest BCUT2D eigenvalue weighted by molar-refractivity contribution is 0.119. The average molecular weight is 131 g/mol. The van der Waals surface area contributed by atoms with E-state index in [0.717, 1.165) is 11.5 Å². The van der Waals surface area contributed by atoms with E-state index >= 15 is 0 Å². The second-order valence-electron chi connectivity index (χ2n) is 2.29. The molecule has 0 radical (unpaired) electrons. The molecular formula is C6H7ClO. The Hall–Kier alpha value is -0.0100. The molecule has 2 aliphatic rings. The second kappa shape index (κ2) is 1.49. The maximum atomic E-state index is 5.74.